The van der Waals surface area contributed by atoms with Crippen LogP contribution in [0.5, 0.6) is 0 Å². The molecule has 4 nitrogen and oxygen atoms in total. The highest BCUT2D eigenvalue weighted by atomic mass is 80.0. The summed E-state index contributed by atoms with van der Waals surface area (Å²) in [7, 11) is -3.70. The summed E-state index contributed by atoms with van der Waals surface area (Å²) in [5.74, 6) is -0.228. The lowest BCUT2D eigenvalue weighted by Crippen LogP contribution is -2.36. The molecule has 8 heteroatoms. The van der Waals surface area contributed by atoms with Crippen molar-refractivity contribution in [3.05, 3.63) is 29.8 Å². The number of carbonyl (C=O) groups excluding carboxylic acids is 1. The van der Waals surface area contributed by atoms with Gasteiger partial charge in [-0.2, -0.15) is 0 Å². The van der Waals surface area contributed by atoms with Crippen LogP contribution in [-0.4, -0.2) is 21.8 Å². The molecule has 0 bridgehead atoms. The number of hydrogen-bond donors (Lipinski definition) is 1. The first-order chi connectivity index (χ1) is 10.2. The first-order valence-electron chi connectivity index (χ1n) is 6.94. The van der Waals surface area contributed by atoms with Crippen LogP contribution in [0, 0.1) is 0 Å². The zero-order valence-electron chi connectivity index (χ0n) is 11.7. The lowest BCUT2D eigenvalue weighted by atomic mass is 9.95. The van der Waals surface area contributed by atoms with Crippen LogP contribution >= 0.6 is 47.8 Å². The van der Waals surface area contributed by atoms with Crippen molar-refractivity contribution in [2.75, 3.05) is 0 Å². The Morgan fingerprint density at radius 3 is 2.36 bits per heavy atom. The van der Waals surface area contributed by atoms with E-state index in [1.165, 1.54) is 18.6 Å². The van der Waals surface area contributed by atoms with Crippen LogP contribution in [0.1, 0.15) is 42.5 Å². The van der Waals surface area contributed by atoms with Crippen molar-refractivity contribution >= 4 is 63.5 Å². The van der Waals surface area contributed by atoms with E-state index in [0.29, 0.717) is 5.56 Å². The Bertz CT molecular complexity index is 650. The van der Waals surface area contributed by atoms with E-state index in [9.17, 15) is 13.2 Å². The molecule has 0 unspecified atom stereocenters. The molecule has 22 heavy (non-hydrogen) atoms. The molecule has 0 aliphatic heterocycles. The summed E-state index contributed by atoms with van der Waals surface area (Å²) in [6.07, 6.45) is 5.43. The van der Waals surface area contributed by atoms with Crippen molar-refractivity contribution in [2.24, 2.45) is 0 Å². The SMILES string of the molecule is O=C(NC1CCCCC1)c1cccc(S(=O)(=O)C(Br)(Br)Br)c1. The molecule has 0 aromatic heterocycles. The fourth-order valence-corrected chi connectivity index (χ4v) is 4.94. The van der Waals surface area contributed by atoms with Crippen molar-refractivity contribution in [3.8, 4) is 0 Å². The number of halogens is 3. The van der Waals surface area contributed by atoms with Crippen LogP contribution in [0.4, 0.5) is 0 Å². The van der Waals surface area contributed by atoms with E-state index in [2.05, 4.69) is 53.1 Å². The van der Waals surface area contributed by atoms with E-state index in [0.717, 1.165) is 25.7 Å². The first kappa shape index (κ1) is 18.4. The maximum Gasteiger partial charge on any atom is 0.251 e. The second kappa shape index (κ2) is 7.32. The third kappa shape index (κ3) is 4.33. The van der Waals surface area contributed by atoms with Gasteiger partial charge in [0.15, 0.2) is 0 Å². The average molecular weight is 518 g/mol. The fraction of sp³-hybridized carbons (Fsp3) is 0.500. The summed E-state index contributed by atoms with van der Waals surface area (Å²) in [6.45, 7) is 0. The quantitative estimate of drug-likeness (QED) is 0.607. The lowest BCUT2D eigenvalue weighted by molar-refractivity contribution is 0.0927. The number of sulfone groups is 1. The van der Waals surface area contributed by atoms with E-state index in [1.807, 2.05) is 0 Å². The molecule has 0 atom stereocenters. The smallest absolute Gasteiger partial charge is 0.251 e. The monoisotopic (exact) mass is 515 g/mol. The van der Waals surface area contributed by atoms with Gasteiger partial charge < -0.3 is 5.32 Å². The van der Waals surface area contributed by atoms with Crippen LogP contribution in [-0.2, 0) is 9.84 Å². The normalized spacial score (nSPS) is 17.2. The molecular formula is C14H16Br3NO3S. The molecule has 1 amide bonds. The molecule has 1 saturated carbocycles. The van der Waals surface area contributed by atoms with Crippen molar-refractivity contribution in [3.63, 3.8) is 0 Å². The van der Waals surface area contributed by atoms with Crippen molar-refractivity contribution < 1.29 is 13.2 Å². The summed E-state index contributed by atoms with van der Waals surface area (Å²) >= 11 is 9.07. The summed E-state index contributed by atoms with van der Waals surface area (Å²) in [4.78, 5) is 12.4. The zero-order valence-corrected chi connectivity index (χ0v) is 17.3. The molecule has 0 spiro atoms. The predicted molar refractivity (Wildman–Crippen MR) is 97.5 cm³/mol. The molecule has 1 aliphatic rings. The Balaban J connectivity index is 2.19. The summed E-state index contributed by atoms with van der Waals surface area (Å²) in [5.41, 5.74) is 0.350. The second-order valence-corrected chi connectivity index (χ2v) is 15.7. The van der Waals surface area contributed by atoms with Gasteiger partial charge in [-0.1, -0.05) is 25.3 Å². The minimum atomic E-state index is -3.70. The summed E-state index contributed by atoms with van der Waals surface area (Å²) in [5, 5.41) is 2.98. The topological polar surface area (TPSA) is 63.2 Å². The average Bonchev–Trinajstić information content (AvgIpc) is 2.47. The zero-order chi connectivity index (χ0) is 16.4. The van der Waals surface area contributed by atoms with Gasteiger partial charge in [0, 0.05) is 11.6 Å². The molecule has 1 aromatic rings. The van der Waals surface area contributed by atoms with Crippen LogP contribution in [0.15, 0.2) is 29.2 Å². The third-order valence-electron chi connectivity index (χ3n) is 3.65. The standard InChI is InChI=1S/C14H16Br3NO3S/c15-14(16,17)22(20,21)12-8-4-5-10(9-12)13(19)18-11-6-2-1-3-7-11/h4-5,8-9,11H,1-3,6-7H2,(H,18,19). The molecule has 0 heterocycles. The Kier molecular flexibility index (Phi) is 6.13. The molecule has 1 aliphatic carbocycles. The minimum Gasteiger partial charge on any atom is -0.349 e. The number of amides is 1. The Morgan fingerprint density at radius 1 is 1.14 bits per heavy atom. The van der Waals surface area contributed by atoms with Gasteiger partial charge in [0.1, 0.15) is 0 Å². The van der Waals surface area contributed by atoms with Crippen LogP contribution < -0.4 is 5.32 Å². The predicted octanol–water partition coefficient (Wildman–Crippen LogP) is 4.32. The van der Waals surface area contributed by atoms with Crippen LogP contribution in [0.25, 0.3) is 0 Å². The van der Waals surface area contributed by atoms with E-state index >= 15 is 0 Å². The largest absolute Gasteiger partial charge is 0.349 e. The fourth-order valence-electron chi connectivity index (χ4n) is 2.45. The third-order valence-corrected chi connectivity index (χ3v) is 8.97. The summed E-state index contributed by atoms with van der Waals surface area (Å²) < 4.78 is 23.2. The number of alkyl halides is 3. The van der Waals surface area contributed by atoms with Gasteiger partial charge in [-0.05, 0) is 78.8 Å². The van der Waals surface area contributed by atoms with Gasteiger partial charge in [0.25, 0.3) is 5.91 Å². The molecule has 0 saturated heterocycles. The van der Waals surface area contributed by atoms with Gasteiger partial charge in [-0.25, -0.2) is 8.42 Å². The van der Waals surface area contributed by atoms with E-state index < -0.39 is 11.3 Å². The van der Waals surface area contributed by atoms with Gasteiger partial charge in [-0.3, -0.25) is 4.79 Å². The molecule has 122 valence electrons. The Labute approximate surface area is 155 Å². The van der Waals surface area contributed by atoms with E-state index in [4.69, 9.17) is 0 Å². The minimum absolute atomic E-state index is 0.0643. The molecule has 1 N–H and O–H groups in total. The van der Waals surface area contributed by atoms with Crippen molar-refractivity contribution in [1.29, 1.82) is 0 Å². The highest BCUT2D eigenvalue weighted by Crippen LogP contribution is 2.43. The summed E-state index contributed by atoms with van der Waals surface area (Å²) in [6, 6.07) is 6.23. The van der Waals surface area contributed by atoms with Gasteiger partial charge in [-0.15, -0.1) is 0 Å². The van der Waals surface area contributed by atoms with Gasteiger partial charge in [0.2, 0.25) is 11.3 Å². The van der Waals surface area contributed by atoms with Crippen LogP contribution in [0.2, 0.25) is 0 Å². The Hall–Kier alpha value is 0.0800. The first-order valence-corrected chi connectivity index (χ1v) is 10.8. The second-order valence-electron chi connectivity index (χ2n) is 5.29. The molecule has 1 fully saturated rings. The van der Waals surface area contributed by atoms with Gasteiger partial charge in [0.05, 0.1) is 4.90 Å². The Morgan fingerprint density at radius 2 is 1.77 bits per heavy atom. The van der Waals surface area contributed by atoms with Gasteiger partial charge >= 0.3 is 0 Å². The van der Waals surface area contributed by atoms with Crippen LogP contribution in [0.3, 0.4) is 0 Å². The number of nitrogens with one attached hydrogen (secondary N) is 1. The highest BCUT2D eigenvalue weighted by Gasteiger charge is 2.37. The molecule has 2 rings (SSSR count). The molecule has 1 aromatic carbocycles. The maximum absolute atomic E-state index is 12.3. The number of rotatable bonds is 3. The number of hydrogen-bond acceptors (Lipinski definition) is 3. The lowest BCUT2D eigenvalue weighted by Gasteiger charge is -2.23. The van der Waals surface area contributed by atoms with E-state index in [-0.39, 0.29) is 16.8 Å². The van der Waals surface area contributed by atoms with Crippen molar-refractivity contribution in [1.82, 2.24) is 5.32 Å². The number of carbonyl (C=O) groups is 1. The molecule has 0 radical (unpaired) electrons. The number of benzene rings is 1. The van der Waals surface area contributed by atoms with E-state index in [1.54, 1.807) is 12.1 Å². The molecular weight excluding hydrogens is 502 g/mol. The highest BCUT2D eigenvalue weighted by molar-refractivity contribution is 9.42. The maximum atomic E-state index is 12.3. The van der Waals surface area contributed by atoms with Crippen molar-refractivity contribution in [2.45, 2.75) is 44.5 Å².